The van der Waals surface area contributed by atoms with Gasteiger partial charge in [0.05, 0.1) is 6.61 Å². The molecule has 2 fully saturated rings. The van der Waals surface area contributed by atoms with Crippen molar-refractivity contribution < 1.29 is 13.2 Å². The van der Waals surface area contributed by atoms with Gasteiger partial charge in [-0.25, -0.2) is 0 Å². The van der Waals surface area contributed by atoms with Crippen molar-refractivity contribution in [1.82, 2.24) is 13.9 Å². The lowest BCUT2D eigenvalue weighted by Gasteiger charge is -2.35. The SMILES string of the molecule is CNCC1CCCN(S(=O)(=O)N(CCOC)C2CC2)C1. The molecule has 1 saturated heterocycles. The molecule has 0 aromatic carbocycles. The molecule has 1 heterocycles. The summed E-state index contributed by atoms with van der Waals surface area (Å²) in [6.07, 6.45) is 4.02. The normalized spacial score (nSPS) is 25.2. The fourth-order valence-corrected chi connectivity index (χ4v) is 4.82. The van der Waals surface area contributed by atoms with Crippen molar-refractivity contribution in [1.29, 1.82) is 0 Å². The summed E-state index contributed by atoms with van der Waals surface area (Å²) in [5.74, 6) is 0.423. The number of ether oxygens (including phenoxy) is 1. The quantitative estimate of drug-likeness (QED) is 0.699. The van der Waals surface area contributed by atoms with E-state index in [2.05, 4.69) is 5.32 Å². The maximum absolute atomic E-state index is 12.8. The highest BCUT2D eigenvalue weighted by molar-refractivity contribution is 7.86. The van der Waals surface area contributed by atoms with Gasteiger partial charge in [0.15, 0.2) is 0 Å². The number of piperidine rings is 1. The topological polar surface area (TPSA) is 61.9 Å². The monoisotopic (exact) mass is 305 g/mol. The first kappa shape index (κ1) is 16.2. The van der Waals surface area contributed by atoms with Crippen LogP contribution >= 0.6 is 0 Å². The molecule has 0 aromatic rings. The van der Waals surface area contributed by atoms with Gasteiger partial charge >= 0.3 is 0 Å². The Kier molecular flexibility index (Phi) is 5.80. The van der Waals surface area contributed by atoms with Gasteiger partial charge in [0.25, 0.3) is 10.2 Å². The molecular weight excluding hydrogens is 278 g/mol. The van der Waals surface area contributed by atoms with Gasteiger partial charge in [0, 0.05) is 32.8 Å². The number of nitrogens with one attached hydrogen (secondary N) is 1. The summed E-state index contributed by atoms with van der Waals surface area (Å²) in [4.78, 5) is 0. The Morgan fingerprint density at radius 1 is 1.35 bits per heavy atom. The molecule has 6 nitrogen and oxygen atoms in total. The molecule has 1 saturated carbocycles. The zero-order valence-corrected chi connectivity index (χ0v) is 13.4. The number of rotatable bonds is 8. The molecule has 0 bridgehead atoms. The van der Waals surface area contributed by atoms with Gasteiger partial charge in [-0.1, -0.05) is 0 Å². The summed E-state index contributed by atoms with van der Waals surface area (Å²) in [7, 11) is 0.206. The highest BCUT2D eigenvalue weighted by atomic mass is 32.2. The Labute approximate surface area is 122 Å². The second-order valence-corrected chi connectivity index (χ2v) is 7.65. The average Bonchev–Trinajstić information content (AvgIpc) is 3.24. The first-order chi connectivity index (χ1) is 9.59. The molecule has 1 N–H and O–H groups in total. The van der Waals surface area contributed by atoms with Crippen molar-refractivity contribution in [3.8, 4) is 0 Å². The van der Waals surface area contributed by atoms with E-state index in [1.54, 1.807) is 15.7 Å². The minimum Gasteiger partial charge on any atom is -0.383 e. The van der Waals surface area contributed by atoms with Gasteiger partial charge in [-0.2, -0.15) is 17.0 Å². The standard InChI is InChI=1S/C13H27N3O3S/c1-14-10-12-4-3-7-15(11-12)20(17,18)16(8-9-19-2)13-5-6-13/h12-14H,3-11H2,1-2H3. The minimum absolute atomic E-state index is 0.194. The fraction of sp³-hybridized carbons (Fsp3) is 1.00. The van der Waals surface area contributed by atoms with E-state index >= 15 is 0 Å². The van der Waals surface area contributed by atoms with E-state index in [1.807, 2.05) is 7.05 Å². The number of hydrogen-bond donors (Lipinski definition) is 1. The largest absolute Gasteiger partial charge is 0.383 e. The molecule has 0 radical (unpaired) electrons. The third kappa shape index (κ3) is 3.92. The molecule has 0 spiro atoms. The number of methoxy groups -OCH3 is 1. The van der Waals surface area contributed by atoms with Gasteiger partial charge < -0.3 is 10.1 Å². The summed E-state index contributed by atoms with van der Waals surface area (Å²) in [6, 6.07) is 0.194. The lowest BCUT2D eigenvalue weighted by molar-refractivity contribution is 0.170. The second-order valence-electron chi connectivity index (χ2n) is 5.77. The molecule has 0 aromatic heterocycles. The Morgan fingerprint density at radius 2 is 2.10 bits per heavy atom. The van der Waals surface area contributed by atoms with Crippen molar-refractivity contribution in [3.63, 3.8) is 0 Å². The van der Waals surface area contributed by atoms with Crippen molar-refractivity contribution in [3.05, 3.63) is 0 Å². The Hall–Kier alpha value is -0.210. The van der Waals surface area contributed by atoms with Crippen LogP contribution in [0.2, 0.25) is 0 Å². The van der Waals surface area contributed by atoms with E-state index in [9.17, 15) is 8.42 Å². The van der Waals surface area contributed by atoms with Crippen LogP contribution in [-0.2, 0) is 14.9 Å². The van der Waals surface area contributed by atoms with Crippen LogP contribution < -0.4 is 5.32 Å². The lowest BCUT2D eigenvalue weighted by Crippen LogP contribution is -2.50. The summed E-state index contributed by atoms with van der Waals surface area (Å²) in [6.45, 7) is 3.10. The van der Waals surface area contributed by atoms with E-state index < -0.39 is 10.2 Å². The van der Waals surface area contributed by atoms with Crippen LogP contribution in [0.25, 0.3) is 0 Å². The van der Waals surface area contributed by atoms with Crippen LogP contribution in [0.3, 0.4) is 0 Å². The van der Waals surface area contributed by atoms with E-state index in [0.717, 1.165) is 32.2 Å². The van der Waals surface area contributed by atoms with E-state index in [-0.39, 0.29) is 6.04 Å². The predicted molar refractivity (Wildman–Crippen MR) is 78.7 cm³/mol. The first-order valence-electron chi connectivity index (χ1n) is 7.50. The summed E-state index contributed by atoms with van der Waals surface area (Å²) < 4.78 is 34.0. The Bertz CT molecular complexity index is 396. The first-order valence-corrected chi connectivity index (χ1v) is 8.89. The van der Waals surface area contributed by atoms with E-state index in [1.165, 1.54) is 0 Å². The number of nitrogens with zero attached hydrogens (tertiary/aromatic N) is 2. The molecule has 1 atom stereocenters. The van der Waals surface area contributed by atoms with Gasteiger partial charge in [0.2, 0.25) is 0 Å². The Morgan fingerprint density at radius 3 is 2.70 bits per heavy atom. The van der Waals surface area contributed by atoms with Crippen molar-refractivity contribution in [2.24, 2.45) is 5.92 Å². The second kappa shape index (κ2) is 7.17. The molecule has 1 aliphatic carbocycles. The van der Waals surface area contributed by atoms with Crippen molar-refractivity contribution in [2.45, 2.75) is 31.7 Å². The zero-order valence-electron chi connectivity index (χ0n) is 12.5. The average molecular weight is 305 g/mol. The number of hydrogen-bond acceptors (Lipinski definition) is 4. The third-order valence-corrected chi connectivity index (χ3v) is 6.12. The zero-order chi connectivity index (χ0) is 14.6. The van der Waals surface area contributed by atoms with Gasteiger partial charge in [-0.3, -0.25) is 0 Å². The predicted octanol–water partition coefficient (Wildman–Crippen LogP) is 0.273. The molecular formula is C13H27N3O3S. The van der Waals surface area contributed by atoms with Crippen molar-refractivity contribution in [2.75, 3.05) is 46.9 Å². The van der Waals surface area contributed by atoms with Gasteiger partial charge in [-0.15, -0.1) is 0 Å². The molecule has 2 aliphatic rings. The third-order valence-electron chi connectivity index (χ3n) is 4.07. The van der Waals surface area contributed by atoms with Crippen molar-refractivity contribution >= 4 is 10.2 Å². The summed E-state index contributed by atoms with van der Waals surface area (Å²) in [5.41, 5.74) is 0. The van der Waals surface area contributed by atoms with Crippen LogP contribution in [-0.4, -0.2) is 70.0 Å². The smallest absolute Gasteiger partial charge is 0.282 e. The summed E-state index contributed by atoms with van der Waals surface area (Å²) in [5, 5.41) is 3.15. The van der Waals surface area contributed by atoms with Crippen LogP contribution in [0.1, 0.15) is 25.7 Å². The van der Waals surface area contributed by atoms with E-state index in [0.29, 0.717) is 32.2 Å². The molecule has 118 valence electrons. The maximum atomic E-state index is 12.8. The molecule has 20 heavy (non-hydrogen) atoms. The van der Waals surface area contributed by atoms with Crippen LogP contribution in [0, 0.1) is 5.92 Å². The van der Waals surface area contributed by atoms with Crippen LogP contribution in [0.15, 0.2) is 0 Å². The summed E-state index contributed by atoms with van der Waals surface area (Å²) >= 11 is 0. The molecule has 7 heteroatoms. The minimum atomic E-state index is -3.33. The highest BCUT2D eigenvalue weighted by Gasteiger charge is 2.41. The Balaban J connectivity index is 2.02. The lowest BCUT2D eigenvalue weighted by atomic mass is 10.00. The maximum Gasteiger partial charge on any atom is 0.282 e. The van der Waals surface area contributed by atoms with Gasteiger partial charge in [0.1, 0.15) is 0 Å². The molecule has 1 unspecified atom stereocenters. The van der Waals surface area contributed by atoms with Gasteiger partial charge in [-0.05, 0) is 45.2 Å². The fourth-order valence-electron chi connectivity index (χ4n) is 2.87. The highest BCUT2D eigenvalue weighted by Crippen LogP contribution is 2.31. The molecule has 2 rings (SSSR count). The van der Waals surface area contributed by atoms with Crippen LogP contribution in [0.5, 0.6) is 0 Å². The van der Waals surface area contributed by atoms with E-state index in [4.69, 9.17) is 4.74 Å². The van der Waals surface area contributed by atoms with Crippen LogP contribution in [0.4, 0.5) is 0 Å². The molecule has 0 amide bonds. The molecule has 1 aliphatic heterocycles.